The smallest absolute Gasteiger partial charge is 0.353 e. The van der Waals surface area contributed by atoms with E-state index in [0.717, 1.165) is 11.3 Å². The average molecular weight is 173 g/mol. The molecule has 0 aliphatic heterocycles. The van der Waals surface area contributed by atoms with E-state index in [4.69, 9.17) is 5.11 Å². The molecule has 0 aliphatic carbocycles. The van der Waals surface area contributed by atoms with Gasteiger partial charge in [-0.1, -0.05) is 0 Å². The fourth-order valence-electron chi connectivity index (χ4n) is 0.642. The van der Waals surface area contributed by atoms with Crippen LogP contribution in [0.5, 0.6) is 5.88 Å². The van der Waals surface area contributed by atoms with Gasteiger partial charge in [-0.25, -0.2) is 9.78 Å². The number of hydrogen-bond acceptors (Lipinski definition) is 5. The van der Waals surface area contributed by atoms with Crippen molar-refractivity contribution in [2.24, 2.45) is 0 Å². The molecule has 1 N–H and O–H groups in total. The predicted molar refractivity (Wildman–Crippen MR) is 39.9 cm³/mol. The van der Waals surface area contributed by atoms with Gasteiger partial charge in [-0.05, 0) is 6.92 Å². The molecule has 0 amide bonds. The number of hydrogen-bond donors (Lipinski definition) is 1. The summed E-state index contributed by atoms with van der Waals surface area (Å²) in [6, 6.07) is 0. The molecule has 11 heavy (non-hydrogen) atoms. The van der Waals surface area contributed by atoms with Gasteiger partial charge in [0.15, 0.2) is 4.88 Å². The molecule has 0 radical (unpaired) electrons. The summed E-state index contributed by atoms with van der Waals surface area (Å²) in [5, 5.41) is 9.67. The minimum Gasteiger partial charge on any atom is -0.492 e. The number of nitrogens with zero attached hydrogens (tertiary/aromatic N) is 1. The summed E-state index contributed by atoms with van der Waals surface area (Å²) in [7, 11) is 1.26. The van der Waals surface area contributed by atoms with Crippen molar-refractivity contribution in [3.8, 4) is 5.88 Å². The van der Waals surface area contributed by atoms with Crippen LogP contribution in [-0.4, -0.2) is 23.2 Å². The van der Waals surface area contributed by atoms with Gasteiger partial charge in [-0.3, -0.25) is 0 Å². The van der Waals surface area contributed by atoms with Gasteiger partial charge in [0.25, 0.3) is 0 Å². The first-order valence-electron chi connectivity index (χ1n) is 2.90. The second kappa shape index (κ2) is 2.87. The number of carbonyl (C=O) groups is 1. The number of ether oxygens (including phenoxy) is 1. The van der Waals surface area contributed by atoms with E-state index in [1.54, 1.807) is 6.92 Å². The largest absolute Gasteiger partial charge is 0.492 e. The third-order valence-electron chi connectivity index (χ3n) is 1.09. The van der Waals surface area contributed by atoms with Crippen LogP contribution in [0.4, 0.5) is 0 Å². The van der Waals surface area contributed by atoms with Crippen molar-refractivity contribution >= 4 is 17.3 Å². The van der Waals surface area contributed by atoms with E-state index in [1.165, 1.54) is 7.11 Å². The molecule has 1 heterocycles. The fraction of sp³-hybridized carbons (Fsp3) is 0.333. The summed E-state index contributed by atoms with van der Waals surface area (Å²) >= 11 is 1.11. The molecule has 1 rings (SSSR count). The first-order valence-corrected chi connectivity index (χ1v) is 3.71. The Morgan fingerprint density at radius 3 is 2.73 bits per heavy atom. The molecule has 0 unspecified atom stereocenters. The predicted octanol–water partition coefficient (Wildman–Crippen LogP) is 0.944. The van der Waals surface area contributed by atoms with E-state index in [0.29, 0.717) is 5.01 Å². The van der Waals surface area contributed by atoms with Crippen LogP contribution in [0, 0.1) is 6.92 Å². The van der Waals surface area contributed by atoms with Gasteiger partial charge in [0, 0.05) is 0 Å². The lowest BCUT2D eigenvalue weighted by molar-refractivity contribution is 0.0603. The Hall–Kier alpha value is -1.10. The molecule has 5 heteroatoms. The van der Waals surface area contributed by atoms with E-state index in [2.05, 4.69) is 9.72 Å². The summed E-state index contributed by atoms with van der Waals surface area (Å²) in [4.78, 5) is 14.6. The molecule has 1 aromatic rings. The van der Waals surface area contributed by atoms with E-state index >= 15 is 0 Å². The molecule has 0 fully saturated rings. The highest BCUT2D eigenvalue weighted by Gasteiger charge is 2.15. The Morgan fingerprint density at radius 2 is 2.36 bits per heavy atom. The Morgan fingerprint density at radius 1 is 1.73 bits per heavy atom. The molecule has 0 spiro atoms. The normalized spacial score (nSPS) is 9.64. The zero-order valence-electron chi connectivity index (χ0n) is 6.12. The third-order valence-corrected chi connectivity index (χ3v) is 2.03. The van der Waals surface area contributed by atoms with E-state index in [-0.39, 0.29) is 10.8 Å². The summed E-state index contributed by atoms with van der Waals surface area (Å²) in [6.07, 6.45) is 0. The molecular formula is C6H7NO3S. The van der Waals surface area contributed by atoms with Crippen molar-refractivity contribution in [3.05, 3.63) is 9.88 Å². The minimum atomic E-state index is -0.548. The highest BCUT2D eigenvalue weighted by molar-refractivity contribution is 7.13. The van der Waals surface area contributed by atoms with Crippen LogP contribution in [0.1, 0.15) is 14.7 Å². The van der Waals surface area contributed by atoms with Crippen molar-refractivity contribution in [2.75, 3.05) is 7.11 Å². The van der Waals surface area contributed by atoms with Gasteiger partial charge in [-0.2, -0.15) is 0 Å². The second-order valence-electron chi connectivity index (χ2n) is 1.88. The van der Waals surface area contributed by atoms with Crippen LogP contribution >= 0.6 is 11.3 Å². The van der Waals surface area contributed by atoms with E-state index in [9.17, 15) is 4.79 Å². The third kappa shape index (κ3) is 1.48. The lowest BCUT2D eigenvalue weighted by Crippen LogP contribution is -1.97. The standard InChI is InChI=1S/C6H7NO3S/c1-3-7-5(8)4(11-3)6(9)10-2/h8H,1-2H3. The summed E-state index contributed by atoms with van der Waals surface area (Å²) in [5.41, 5.74) is 0. The molecule has 60 valence electrons. The number of aromatic nitrogens is 1. The molecule has 0 bridgehead atoms. The van der Waals surface area contributed by atoms with E-state index < -0.39 is 5.97 Å². The molecule has 0 aromatic carbocycles. The summed E-state index contributed by atoms with van der Waals surface area (Å²) in [5.74, 6) is -0.799. The number of aromatic hydroxyl groups is 1. The fourth-order valence-corrected chi connectivity index (χ4v) is 1.37. The van der Waals surface area contributed by atoms with Gasteiger partial charge in [0.05, 0.1) is 12.1 Å². The van der Waals surface area contributed by atoms with Crippen molar-refractivity contribution in [1.82, 2.24) is 4.98 Å². The number of methoxy groups -OCH3 is 1. The summed E-state index contributed by atoms with van der Waals surface area (Å²) in [6.45, 7) is 1.71. The van der Waals surface area contributed by atoms with Gasteiger partial charge >= 0.3 is 5.97 Å². The maximum atomic E-state index is 10.8. The Balaban J connectivity index is 3.03. The highest BCUT2D eigenvalue weighted by atomic mass is 32.1. The van der Waals surface area contributed by atoms with Gasteiger partial charge in [0.2, 0.25) is 5.88 Å². The van der Waals surface area contributed by atoms with Gasteiger partial charge < -0.3 is 9.84 Å². The molecule has 0 atom stereocenters. The number of esters is 1. The number of rotatable bonds is 1. The van der Waals surface area contributed by atoms with Crippen LogP contribution in [0.15, 0.2) is 0 Å². The monoisotopic (exact) mass is 173 g/mol. The van der Waals surface area contributed by atoms with Crippen LogP contribution < -0.4 is 0 Å². The molecule has 0 aliphatic rings. The Labute approximate surface area is 67.5 Å². The van der Waals surface area contributed by atoms with Crippen LogP contribution in [0.2, 0.25) is 0 Å². The SMILES string of the molecule is COC(=O)c1sc(C)nc1O. The quantitative estimate of drug-likeness (QED) is 0.642. The Bertz CT molecular complexity index is 281. The molecule has 4 nitrogen and oxygen atoms in total. The van der Waals surface area contributed by atoms with Crippen molar-refractivity contribution in [2.45, 2.75) is 6.92 Å². The van der Waals surface area contributed by atoms with Crippen molar-refractivity contribution in [1.29, 1.82) is 0 Å². The minimum absolute atomic E-state index is 0.157. The zero-order chi connectivity index (χ0) is 8.43. The van der Waals surface area contributed by atoms with Crippen molar-refractivity contribution < 1.29 is 14.6 Å². The van der Waals surface area contributed by atoms with Gasteiger partial charge in [-0.15, -0.1) is 11.3 Å². The first kappa shape index (κ1) is 8.00. The lowest BCUT2D eigenvalue weighted by atomic mass is 10.5. The molecular weight excluding hydrogens is 166 g/mol. The zero-order valence-corrected chi connectivity index (χ0v) is 6.94. The first-order chi connectivity index (χ1) is 5.15. The van der Waals surface area contributed by atoms with E-state index in [1.807, 2.05) is 0 Å². The molecule has 0 saturated carbocycles. The second-order valence-corrected chi connectivity index (χ2v) is 3.08. The maximum Gasteiger partial charge on any atom is 0.353 e. The van der Waals surface area contributed by atoms with Crippen LogP contribution in [-0.2, 0) is 4.74 Å². The Kier molecular flexibility index (Phi) is 2.09. The topological polar surface area (TPSA) is 59.4 Å². The molecule has 1 aromatic heterocycles. The number of carbonyl (C=O) groups excluding carboxylic acids is 1. The number of thiazole rings is 1. The summed E-state index contributed by atoms with van der Waals surface area (Å²) < 4.78 is 4.40. The molecule has 0 saturated heterocycles. The van der Waals surface area contributed by atoms with Gasteiger partial charge in [0.1, 0.15) is 0 Å². The van der Waals surface area contributed by atoms with Crippen LogP contribution in [0.3, 0.4) is 0 Å². The highest BCUT2D eigenvalue weighted by Crippen LogP contribution is 2.23. The maximum absolute atomic E-state index is 10.8. The lowest BCUT2D eigenvalue weighted by Gasteiger charge is -1.92. The average Bonchev–Trinajstić information content (AvgIpc) is 2.28. The number of aryl methyl sites for hydroxylation is 1. The van der Waals surface area contributed by atoms with Crippen molar-refractivity contribution in [3.63, 3.8) is 0 Å². The van der Waals surface area contributed by atoms with Crippen LogP contribution in [0.25, 0.3) is 0 Å².